The number of alkyl carbamates (subject to hydrolysis) is 1. The van der Waals surface area contributed by atoms with Crippen LogP contribution in [0, 0.1) is 0 Å². The number of rotatable bonds is 7. The van der Waals surface area contributed by atoms with E-state index in [1.54, 1.807) is 12.5 Å². The number of carbonyl (C=O) groups is 1. The summed E-state index contributed by atoms with van der Waals surface area (Å²) in [4.78, 5) is 15.4. The van der Waals surface area contributed by atoms with Gasteiger partial charge in [0.2, 0.25) is 0 Å². The second kappa shape index (κ2) is 7.99. The molecule has 0 bridgehead atoms. The van der Waals surface area contributed by atoms with Crippen LogP contribution < -0.4 is 5.32 Å². The van der Waals surface area contributed by atoms with Crippen molar-refractivity contribution in [2.75, 3.05) is 13.2 Å². The molecular weight excluding hydrogens is 254 g/mol. The van der Waals surface area contributed by atoms with E-state index in [1.807, 2.05) is 41.1 Å². The van der Waals surface area contributed by atoms with Gasteiger partial charge in [0.1, 0.15) is 0 Å². The van der Waals surface area contributed by atoms with Crippen LogP contribution in [-0.4, -0.2) is 28.8 Å². The lowest BCUT2D eigenvalue weighted by molar-refractivity contribution is 0.147. The molecule has 20 heavy (non-hydrogen) atoms. The fourth-order valence-corrected chi connectivity index (χ4v) is 1.83. The van der Waals surface area contributed by atoms with Gasteiger partial charge in [-0.1, -0.05) is 30.3 Å². The van der Waals surface area contributed by atoms with Crippen LogP contribution in [0.25, 0.3) is 0 Å². The van der Waals surface area contributed by atoms with Gasteiger partial charge in [0.05, 0.1) is 12.9 Å². The first-order valence-corrected chi connectivity index (χ1v) is 6.75. The van der Waals surface area contributed by atoms with Gasteiger partial charge in [-0.15, -0.1) is 0 Å². The van der Waals surface area contributed by atoms with E-state index in [0.29, 0.717) is 13.2 Å². The average Bonchev–Trinajstić information content (AvgIpc) is 2.98. The van der Waals surface area contributed by atoms with Crippen LogP contribution in [-0.2, 0) is 17.7 Å². The lowest BCUT2D eigenvalue weighted by atomic mass is 10.2. The topological polar surface area (TPSA) is 56.2 Å². The Bertz CT molecular complexity index is 497. The van der Waals surface area contributed by atoms with Crippen molar-refractivity contribution in [1.82, 2.24) is 14.9 Å². The summed E-state index contributed by atoms with van der Waals surface area (Å²) in [7, 11) is 0. The van der Waals surface area contributed by atoms with Crippen molar-refractivity contribution in [1.29, 1.82) is 0 Å². The van der Waals surface area contributed by atoms with Gasteiger partial charge in [-0.25, -0.2) is 9.78 Å². The van der Waals surface area contributed by atoms with E-state index >= 15 is 0 Å². The second-order valence-corrected chi connectivity index (χ2v) is 4.45. The third kappa shape index (κ3) is 5.14. The van der Waals surface area contributed by atoms with Crippen LogP contribution in [0.1, 0.15) is 12.0 Å². The molecule has 1 heterocycles. The number of amides is 1. The summed E-state index contributed by atoms with van der Waals surface area (Å²) >= 11 is 0. The maximum atomic E-state index is 11.4. The van der Waals surface area contributed by atoms with Crippen LogP contribution in [0.2, 0.25) is 0 Å². The summed E-state index contributed by atoms with van der Waals surface area (Å²) in [6.45, 7) is 1.84. The zero-order valence-corrected chi connectivity index (χ0v) is 11.4. The van der Waals surface area contributed by atoms with Gasteiger partial charge >= 0.3 is 6.09 Å². The first-order chi connectivity index (χ1) is 9.84. The molecule has 0 fully saturated rings. The van der Waals surface area contributed by atoms with Crippen molar-refractivity contribution in [3.63, 3.8) is 0 Å². The fourth-order valence-electron chi connectivity index (χ4n) is 1.83. The van der Waals surface area contributed by atoms with E-state index in [4.69, 9.17) is 4.74 Å². The highest BCUT2D eigenvalue weighted by Gasteiger charge is 2.01. The SMILES string of the molecule is O=C(NCCCn1ccnc1)OCCc1ccccc1. The van der Waals surface area contributed by atoms with Crippen LogP contribution in [0.15, 0.2) is 49.1 Å². The predicted octanol–water partition coefficient (Wildman–Crippen LogP) is 2.24. The Kier molecular flexibility index (Phi) is 5.64. The first kappa shape index (κ1) is 14.1. The number of nitrogens with zero attached hydrogens (tertiary/aromatic N) is 2. The molecule has 2 rings (SSSR count). The van der Waals surface area contributed by atoms with Gasteiger partial charge in [0.15, 0.2) is 0 Å². The number of nitrogens with one attached hydrogen (secondary N) is 1. The normalized spacial score (nSPS) is 10.2. The van der Waals surface area contributed by atoms with Crippen molar-refractivity contribution in [2.24, 2.45) is 0 Å². The Morgan fingerprint density at radius 2 is 2.15 bits per heavy atom. The summed E-state index contributed by atoms with van der Waals surface area (Å²) in [6, 6.07) is 9.97. The average molecular weight is 273 g/mol. The van der Waals surface area contributed by atoms with Gasteiger partial charge in [-0.05, 0) is 12.0 Å². The molecule has 1 aromatic carbocycles. The van der Waals surface area contributed by atoms with Gasteiger partial charge < -0.3 is 14.6 Å². The highest BCUT2D eigenvalue weighted by atomic mass is 16.5. The Morgan fingerprint density at radius 3 is 2.90 bits per heavy atom. The summed E-state index contributed by atoms with van der Waals surface area (Å²) in [5.74, 6) is 0. The Balaban J connectivity index is 1.52. The quantitative estimate of drug-likeness (QED) is 0.787. The van der Waals surface area contributed by atoms with Crippen molar-refractivity contribution >= 4 is 6.09 Å². The van der Waals surface area contributed by atoms with Gasteiger partial charge in [-0.2, -0.15) is 0 Å². The smallest absolute Gasteiger partial charge is 0.407 e. The molecule has 0 atom stereocenters. The molecule has 0 saturated carbocycles. The number of aryl methyl sites for hydroxylation is 1. The fraction of sp³-hybridized carbons (Fsp3) is 0.333. The van der Waals surface area contributed by atoms with E-state index in [1.165, 1.54) is 5.56 Å². The summed E-state index contributed by atoms with van der Waals surface area (Å²) in [6.07, 6.45) is 6.64. The number of benzene rings is 1. The molecule has 2 aromatic rings. The molecule has 0 aliphatic rings. The van der Waals surface area contributed by atoms with Crippen molar-refractivity contribution in [2.45, 2.75) is 19.4 Å². The molecule has 0 saturated heterocycles. The first-order valence-electron chi connectivity index (χ1n) is 6.75. The molecule has 1 amide bonds. The largest absolute Gasteiger partial charge is 0.449 e. The monoisotopic (exact) mass is 273 g/mol. The number of carbonyl (C=O) groups excluding carboxylic acids is 1. The van der Waals surface area contributed by atoms with E-state index < -0.39 is 0 Å². The van der Waals surface area contributed by atoms with Gasteiger partial charge in [0, 0.05) is 31.9 Å². The molecule has 5 heteroatoms. The second-order valence-electron chi connectivity index (χ2n) is 4.45. The molecule has 1 N–H and O–H groups in total. The lowest BCUT2D eigenvalue weighted by Crippen LogP contribution is -2.26. The van der Waals surface area contributed by atoms with E-state index in [-0.39, 0.29) is 6.09 Å². The Labute approximate surface area is 118 Å². The highest BCUT2D eigenvalue weighted by molar-refractivity contribution is 5.67. The third-order valence-corrected chi connectivity index (χ3v) is 2.89. The van der Waals surface area contributed by atoms with Crippen LogP contribution in [0.4, 0.5) is 4.79 Å². The van der Waals surface area contributed by atoms with Gasteiger partial charge in [-0.3, -0.25) is 0 Å². The van der Waals surface area contributed by atoms with E-state index in [0.717, 1.165) is 19.4 Å². The zero-order chi connectivity index (χ0) is 14.0. The number of hydrogen-bond acceptors (Lipinski definition) is 3. The summed E-state index contributed by atoms with van der Waals surface area (Å²) in [5, 5.41) is 2.74. The predicted molar refractivity (Wildman–Crippen MR) is 76.3 cm³/mol. The molecule has 5 nitrogen and oxygen atoms in total. The number of aromatic nitrogens is 2. The summed E-state index contributed by atoms with van der Waals surface area (Å²) in [5.41, 5.74) is 1.17. The minimum atomic E-state index is -0.355. The van der Waals surface area contributed by atoms with Crippen LogP contribution >= 0.6 is 0 Å². The van der Waals surface area contributed by atoms with Crippen LogP contribution in [0.5, 0.6) is 0 Å². The third-order valence-electron chi connectivity index (χ3n) is 2.89. The maximum Gasteiger partial charge on any atom is 0.407 e. The van der Waals surface area contributed by atoms with Gasteiger partial charge in [0.25, 0.3) is 0 Å². The minimum absolute atomic E-state index is 0.355. The number of ether oxygens (including phenoxy) is 1. The molecule has 0 spiro atoms. The molecule has 0 radical (unpaired) electrons. The lowest BCUT2D eigenvalue weighted by Gasteiger charge is -2.07. The molecule has 1 aromatic heterocycles. The van der Waals surface area contributed by atoms with Crippen molar-refractivity contribution < 1.29 is 9.53 Å². The summed E-state index contributed by atoms with van der Waals surface area (Å²) < 4.78 is 7.09. The molecule has 0 aliphatic heterocycles. The number of hydrogen-bond donors (Lipinski definition) is 1. The Morgan fingerprint density at radius 1 is 1.30 bits per heavy atom. The molecular formula is C15H19N3O2. The minimum Gasteiger partial charge on any atom is -0.449 e. The molecule has 106 valence electrons. The van der Waals surface area contributed by atoms with Crippen molar-refractivity contribution in [3.05, 3.63) is 54.6 Å². The molecule has 0 unspecified atom stereocenters. The highest BCUT2D eigenvalue weighted by Crippen LogP contribution is 1.99. The maximum absolute atomic E-state index is 11.4. The Hall–Kier alpha value is -2.30. The molecule has 0 aliphatic carbocycles. The van der Waals surface area contributed by atoms with Crippen molar-refractivity contribution in [3.8, 4) is 0 Å². The standard InChI is InChI=1S/C15H19N3O2/c19-15(17-8-4-10-18-11-9-16-13-18)20-12-7-14-5-2-1-3-6-14/h1-3,5-6,9,11,13H,4,7-8,10,12H2,(H,17,19). The number of imidazole rings is 1. The van der Waals surface area contributed by atoms with E-state index in [2.05, 4.69) is 10.3 Å². The van der Waals surface area contributed by atoms with E-state index in [9.17, 15) is 4.79 Å². The zero-order valence-electron chi connectivity index (χ0n) is 11.4. The van der Waals surface area contributed by atoms with Crippen LogP contribution in [0.3, 0.4) is 0 Å².